The van der Waals surface area contributed by atoms with Crippen molar-refractivity contribution in [1.29, 1.82) is 0 Å². The molecular weight excluding hydrogens is 387 g/mol. The molecule has 0 bridgehead atoms. The van der Waals surface area contributed by atoms with E-state index >= 15 is 0 Å². The number of carbonyl (C=O) groups excluding carboxylic acids is 1. The molecule has 0 radical (unpaired) electrons. The zero-order valence-electron chi connectivity index (χ0n) is 11.6. The van der Waals surface area contributed by atoms with E-state index in [4.69, 9.17) is 17.0 Å². The number of H-pyrrole nitrogens is 1. The molecule has 1 aromatic carbocycles. The van der Waals surface area contributed by atoms with Crippen LogP contribution in [0.15, 0.2) is 18.2 Å². The number of aromatic amines is 1. The largest absolute Gasteiger partial charge is 0.467 e. The molecule has 108 valence electrons. The van der Waals surface area contributed by atoms with Crippen molar-refractivity contribution in [2.75, 3.05) is 7.11 Å². The quantitative estimate of drug-likeness (QED) is 0.475. The van der Waals surface area contributed by atoms with Gasteiger partial charge in [0, 0.05) is 3.57 Å². The summed E-state index contributed by atoms with van der Waals surface area (Å²) in [5, 5.41) is 0. The number of aromatic nitrogens is 2. The predicted octanol–water partition coefficient (Wildman–Crippen LogP) is 4.06. The minimum absolute atomic E-state index is 0.255. The summed E-state index contributed by atoms with van der Waals surface area (Å²) in [4.78, 5) is 15.3. The molecular formula is C14H17IN2O2S. The van der Waals surface area contributed by atoms with Gasteiger partial charge < -0.3 is 14.3 Å². The topological polar surface area (TPSA) is 47.0 Å². The molecule has 0 saturated carbocycles. The molecule has 1 heterocycles. The monoisotopic (exact) mass is 404 g/mol. The molecule has 20 heavy (non-hydrogen) atoms. The number of benzene rings is 1. The molecule has 1 aromatic heterocycles. The van der Waals surface area contributed by atoms with Gasteiger partial charge >= 0.3 is 5.97 Å². The van der Waals surface area contributed by atoms with Crippen LogP contribution >= 0.6 is 34.8 Å². The van der Waals surface area contributed by atoms with E-state index in [1.54, 1.807) is 0 Å². The first-order chi connectivity index (χ1) is 9.43. The van der Waals surface area contributed by atoms with Gasteiger partial charge in [-0.15, -0.1) is 0 Å². The maximum absolute atomic E-state index is 12.1. The number of rotatable bonds is 4. The van der Waals surface area contributed by atoms with Gasteiger partial charge in [-0.2, -0.15) is 0 Å². The van der Waals surface area contributed by atoms with E-state index in [9.17, 15) is 4.79 Å². The van der Waals surface area contributed by atoms with E-state index in [-0.39, 0.29) is 12.0 Å². The Morgan fingerprint density at radius 2 is 2.20 bits per heavy atom. The van der Waals surface area contributed by atoms with Gasteiger partial charge in [-0.1, -0.05) is 13.8 Å². The molecule has 0 amide bonds. The first-order valence-electron chi connectivity index (χ1n) is 6.41. The normalized spacial score (nSPS) is 12.8. The molecule has 0 aliphatic carbocycles. The molecule has 0 aliphatic rings. The summed E-state index contributed by atoms with van der Waals surface area (Å²) in [6.45, 7) is 4.16. The number of esters is 1. The van der Waals surface area contributed by atoms with E-state index in [1.165, 1.54) is 7.11 Å². The number of halogens is 1. The van der Waals surface area contributed by atoms with Crippen LogP contribution in [0.25, 0.3) is 11.0 Å². The van der Waals surface area contributed by atoms with Crippen LogP contribution in [0.5, 0.6) is 0 Å². The summed E-state index contributed by atoms with van der Waals surface area (Å²) >= 11 is 7.64. The lowest BCUT2D eigenvalue weighted by Crippen LogP contribution is -2.22. The zero-order valence-corrected chi connectivity index (χ0v) is 14.6. The summed E-state index contributed by atoms with van der Waals surface area (Å²) in [5.74, 6) is 0.115. The SMILES string of the molecule is COC(=O)C(CC(C)C)n1c(=S)[nH]c2cc(I)ccc21. The average Bonchev–Trinajstić information content (AvgIpc) is 2.69. The van der Waals surface area contributed by atoms with Gasteiger partial charge in [0.1, 0.15) is 6.04 Å². The predicted molar refractivity (Wildman–Crippen MR) is 90.3 cm³/mol. The third-order valence-corrected chi connectivity index (χ3v) is 4.13. The van der Waals surface area contributed by atoms with Crippen LogP contribution in [-0.2, 0) is 9.53 Å². The van der Waals surface area contributed by atoms with Gasteiger partial charge in [-0.05, 0) is 65.3 Å². The van der Waals surface area contributed by atoms with Crippen molar-refractivity contribution in [3.63, 3.8) is 0 Å². The Bertz CT molecular complexity index is 690. The number of imidazole rings is 1. The fourth-order valence-electron chi connectivity index (χ4n) is 2.30. The maximum Gasteiger partial charge on any atom is 0.328 e. The van der Waals surface area contributed by atoms with Crippen LogP contribution in [0.3, 0.4) is 0 Å². The Kier molecular flexibility index (Phi) is 4.85. The van der Waals surface area contributed by atoms with E-state index in [1.807, 2.05) is 22.8 Å². The summed E-state index contributed by atoms with van der Waals surface area (Å²) in [7, 11) is 1.41. The maximum atomic E-state index is 12.1. The number of methoxy groups -OCH3 is 1. The molecule has 2 aromatic rings. The fraction of sp³-hybridized carbons (Fsp3) is 0.429. The van der Waals surface area contributed by atoms with Crippen molar-refractivity contribution in [3.8, 4) is 0 Å². The van der Waals surface area contributed by atoms with Gasteiger partial charge in [-0.3, -0.25) is 0 Å². The highest BCUT2D eigenvalue weighted by Gasteiger charge is 2.25. The summed E-state index contributed by atoms with van der Waals surface area (Å²) in [5.41, 5.74) is 1.88. The van der Waals surface area contributed by atoms with Crippen LogP contribution in [0.4, 0.5) is 0 Å². The first kappa shape index (κ1) is 15.5. The molecule has 1 unspecified atom stereocenters. The molecule has 1 atom stereocenters. The Balaban J connectivity index is 2.61. The highest BCUT2D eigenvalue weighted by atomic mass is 127. The average molecular weight is 404 g/mol. The van der Waals surface area contributed by atoms with E-state index in [0.717, 1.165) is 14.6 Å². The third-order valence-electron chi connectivity index (χ3n) is 3.16. The molecule has 6 heteroatoms. The third kappa shape index (κ3) is 3.06. The fourth-order valence-corrected chi connectivity index (χ4v) is 3.13. The number of carbonyl (C=O) groups is 1. The molecule has 1 N–H and O–H groups in total. The van der Waals surface area contributed by atoms with Gasteiger partial charge in [0.15, 0.2) is 4.77 Å². The summed E-state index contributed by atoms with van der Waals surface area (Å²) < 4.78 is 8.49. The van der Waals surface area contributed by atoms with E-state index in [2.05, 4.69) is 41.4 Å². The van der Waals surface area contributed by atoms with Gasteiger partial charge in [0.05, 0.1) is 18.1 Å². The Labute approximate surface area is 136 Å². The van der Waals surface area contributed by atoms with Crippen molar-refractivity contribution in [2.45, 2.75) is 26.3 Å². The number of hydrogen-bond acceptors (Lipinski definition) is 3. The molecule has 0 aliphatic heterocycles. The van der Waals surface area contributed by atoms with E-state index < -0.39 is 0 Å². The minimum atomic E-state index is -0.388. The minimum Gasteiger partial charge on any atom is -0.467 e. The van der Waals surface area contributed by atoms with Crippen molar-refractivity contribution < 1.29 is 9.53 Å². The number of nitrogens with one attached hydrogen (secondary N) is 1. The smallest absolute Gasteiger partial charge is 0.328 e. The Morgan fingerprint density at radius 1 is 1.50 bits per heavy atom. The van der Waals surface area contributed by atoms with Crippen LogP contribution in [0.1, 0.15) is 26.3 Å². The second kappa shape index (κ2) is 6.26. The zero-order chi connectivity index (χ0) is 14.9. The lowest BCUT2D eigenvalue weighted by molar-refractivity contribution is -0.145. The second-order valence-corrected chi connectivity index (χ2v) is 6.76. The van der Waals surface area contributed by atoms with Gasteiger partial charge in [0.2, 0.25) is 0 Å². The van der Waals surface area contributed by atoms with Crippen LogP contribution in [0, 0.1) is 14.3 Å². The first-order valence-corrected chi connectivity index (χ1v) is 7.90. The van der Waals surface area contributed by atoms with Crippen molar-refractivity contribution in [1.82, 2.24) is 9.55 Å². The molecule has 0 fully saturated rings. The highest BCUT2D eigenvalue weighted by Crippen LogP contribution is 2.26. The number of fused-ring (bicyclic) bond motifs is 1. The van der Waals surface area contributed by atoms with Crippen LogP contribution in [0.2, 0.25) is 0 Å². The number of ether oxygens (including phenoxy) is 1. The van der Waals surface area contributed by atoms with Gasteiger partial charge in [-0.25, -0.2) is 4.79 Å². The number of nitrogens with zero attached hydrogens (tertiary/aromatic N) is 1. The molecule has 0 saturated heterocycles. The Hall–Kier alpha value is -0.890. The number of hydrogen-bond donors (Lipinski definition) is 1. The molecule has 4 nitrogen and oxygen atoms in total. The molecule has 2 rings (SSSR count). The van der Waals surface area contributed by atoms with Crippen LogP contribution < -0.4 is 0 Å². The molecule has 0 spiro atoms. The summed E-state index contributed by atoms with van der Waals surface area (Å²) in [6.07, 6.45) is 0.694. The Morgan fingerprint density at radius 3 is 2.80 bits per heavy atom. The van der Waals surface area contributed by atoms with Crippen molar-refractivity contribution in [2.24, 2.45) is 5.92 Å². The lowest BCUT2D eigenvalue weighted by Gasteiger charge is -2.19. The van der Waals surface area contributed by atoms with Gasteiger partial charge in [0.25, 0.3) is 0 Å². The van der Waals surface area contributed by atoms with Crippen molar-refractivity contribution >= 4 is 51.8 Å². The van der Waals surface area contributed by atoms with Crippen LogP contribution in [-0.4, -0.2) is 22.6 Å². The van der Waals surface area contributed by atoms with E-state index in [0.29, 0.717) is 17.1 Å². The highest BCUT2D eigenvalue weighted by molar-refractivity contribution is 14.1. The lowest BCUT2D eigenvalue weighted by atomic mass is 10.0. The standard InChI is InChI=1S/C14H17IN2O2S/c1-8(2)6-12(13(18)19-3)17-11-5-4-9(15)7-10(11)16-14(17)20/h4-5,7-8,12H,6H2,1-3H3,(H,16,20). The second-order valence-electron chi connectivity index (χ2n) is 5.13. The van der Waals surface area contributed by atoms with Crippen molar-refractivity contribution in [3.05, 3.63) is 26.5 Å². The summed E-state index contributed by atoms with van der Waals surface area (Å²) in [6, 6.07) is 5.62.